The third-order valence-corrected chi connectivity index (χ3v) is 4.74. The number of benzene rings is 1. The fourth-order valence-electron chi connectivity index (χ4n) is 2.52. The van der Waals surface area contributed by atoms with Crippen molar-refractivity contribution in [1.29, 1.82) is 0 Å². The van der Waals surface area contributed by atoms with Crippen LogP contribution in [0.25, 0.3) is 0 Å². The van der Waals surface area contributed by atoms with Crippen LogP contribution in [0.4, 0.5) is 5.69 Å². The number of hydrogen-bond acceptors (Lipinski definition) is 3. The van der Waals surface area contributed by atoms with Crippen LogP contribution < -0.4 is 5.73 Å². The standard InChI is InChI=1S/C17H20N2OS.ClH/c18-16-6-2-1-4-13(16)7-10-17(20)19(14-8-9-14)12-15-5-3-11-21-15;/h1-6,11,14H,7-10,12,18H2;1H. The molecular formula is C17H21ClN2OS. The zero-order chi connectivity index (χ0) is 14.7. The number of aryl methyl sites for hydroxylation is 1. The Morgan fingerprint density at radius 2 is 2.00 bits per heavy atom. The number of anilines is 1. The van der Waals surface area contributed by atoms with Crippen molar-refractivity contribution in [1.82, 2.24) is 4.90 Å². The third kappa shape index (κ3) is 4.24. The molecule has 1 aliphatic carbocycles. The minimum Gasteiger partial charge on any atom is -0.399 e. The highest BCUT2D eigenvalue weighted by Gasteiger charge is 2.32. The highest BCUT2D eigenvalue weighted by atomic mass is 35.5. The number of nitrogens with zero attached hydrogens (tertiary/aromatic N) is 1. The minimum absolute atomic E-state index is 0. The summed E-state index contributed by atoms with van der Waals surface area (Å²) in [4.78, 5) is 15.8. The maximum absolute atomic E-state index is 12.5. The van der Waals surface area contributed by atoms with Gasteiger partial charge in [0.15, 0.2) is 0 Å². The van der Waals surface area contributed by atoms with E-state index < -0.39 is 0 Å². The second-order valence-corrected chi connectivity index (χ2v) is 6.56. The predicted molar refractivity (Wildman–Crippen MR) is 94.3 cm³/mol. The Balaban J connectivity index is 0.00000176. The number of carbonyl (C=O) groups excluding carboxylic acids is 1. The van der Waals surface area contributed by atoms with Gasteiger partial charge in [0.05, 0.1) is 6.54 Å². The van der Waals surface area contributed by atoms with Gasteiger partial charge in [0, 0.05) is 23.0 Å². The lowest BCUT2D eigenvalue weighted by Crippen LogP contribution is -2.32. The fourth-order valence-corrected chi connectivity index (χ4v) is 3.23. The number of thiophene rings is 1. The van der Waals surface area contributed by atoms with Crippen LogP contribution in [0.5, 0.6) is 0 Å². The number of halogens is 1. The summed E-state index contributed by atoms with van der Waals surface area (Å²) in [7, 11) is 0. The molecule has 118 valence electrons. The smallest absolute Gasteiger partial charge is 0.223 e. The molecule has 1 fully saturated rings. The van der Waals surface area contributed by atoms with E-state index in [1.54, 1.807) is 11.3 Å². The minimum atomic E-state index is 0. The van der Waals surface area contributed by atoms with E-state index in [9.17, 15) is 4.79 Å². The summed E-state index contributed by atoms with van der Waals surface area (Å²) in [6.45, 7) is 0.755. The van der Waals surface area contributed by atoms with E-state index in [4.69, 9.17) is 5.73 Å². The molecule has 2 N–H and O–H groups in total. The van der Waals surface area contributed by atoms with Crippen molar-refractivity contribution >= 4 is 35.3 Å². The molecule has 1 aromatic carbocycles. The molecule has 22 heavy (non-hydrogen) atoms. The van der Waals surface area contributed by atoms with E-state index in [0.29, 0.717) is 12.5 Å². The number of hydrogen-bond donors (Lipinski definition) is 1. The second kappa shape index (κ2) is 7.65. The summed E-state index contributed by atoms with van der Waals surface area (Å²) in [6, 6.07) is 12.4. The molecule has 1 aromatic heterocycles. The molecule has 0 saturated heterocycles. The van der Waals surface area contributed by atoms with Crippen LogP contribution in [0.3, 0.4) is 0 Å². The van der Waals surface area contributed by atoms with Gasteiger partial charge in [-0.15, -0.1) is 23.7 Å². The normalized spacial score (nSPS) is 13.5. The Labute approximate surface area is 141 Å². The van der Waals surface area contributed by atoms with Gasteiger partial charge in [-0.25, -0.2) is 0 Å². The van der Waals surface area contributed by atoms with Crippen molar-refractivity contribution in [2.45, 2.75) is 38.3 Å². The number of carbonyl (C=O) groups is 1. The molecule has 0 radical (unpaired) electrons. The Morgan fingerprint density at radius 3 is 2.64 bits per heavy atom. The molecule has 1 aliphatic rings. The molecule has 5 heteroatoms. The van der Waals surface area contributed by atoms with Gasteiger partial charge in [-0.3, -0.25) is 4.79 Å². The molecule has 0 aliphatic heterocycles. The summed E-state index contributed by atoms with van der Waals surface area (Å²) < 4.78 is 0. The molecule has 0 atom stereocenters. The van der Waals surface area contributed by atoms with E-state index in [1.807, 2.05) is 35.2 Å². The Morgan fingerprint density at radius 1 is 1.23 bits per heavy atom. The van der Waals surface area contributed by atoms with Crippen molar-refractivity contribution in [3.8, 4) is 0 Å². The highest BCUT2D eigenvalue weighted by Crippen LogP contribution is 2.30. The molecule has 0 spiro atoms. The topological polar surface area (TPSA) is 46.3 Å². The highest BCUT2D eigenvalue weighted by molar-refractivity contribution is 7.09. The van der Waals surface area contributed by atoms with E-state index in [2.05, 4.69) is 11.4 Å². The second-order valence-electron chi connectivity index (χ2n) is 5.53. The lowest BCUT2D eigenvalue weighted by atomic mass is 10.1. The number of para-hydroxylation sites is 1. The van der Waals surface area contributed by atoms with Crippen LogP contribution in [-0.2, 0) is 17.8 Å². The summed E-state index contributed by atoms with van der Waals surface area (Å²) in [5.74, 6) is 0.245. The Hall–Kier alpha value is -1.52. The van der Waals surface area contributed by atoms with Crippen molar-refractivity contribution in [2.24, 2.45) is 0 Å². The summed E-state index contributed by atoms with van der Waals surface area (Å²) in [5.41, 5.74) is 7.79. The Kier molecular flexibility index (Phi) is 5.86. The molecule has 3 nitrogen and oxygen atoms in total. The maximum Gasteiger partial charge on any atom is 0.223 e. The van der Waals surface area contributed by atoms with Gasteiger partial charge < -0.3 is 10.6 Å². The average molecular weight is 337 g/mol. The van der Waals surface area contributed by atoms with Crippen LogP contribution in [0, 0.1) is 0 Å². The Bertz CT molecular complexity index is 611. The van der Waals surface area contributed by atoms with Gasteiger partial charge >= 0.3 is 0 Å². The van der Waals surface area contributed by atoms with Crippen molar-refractivity contribution in [3.63, 3.8) is 0 Å². The molecular weight excluding hydrogens is 316 g/mol. The number of nitrogens with two attached hydrogens (primary N) is 1. The van der Waals surface area contributed by atoms with Gasteiger partial charge in [-0.1, -0.05) is 24.3 Å². The van der Waals surface area contributed by atoms with Crippen LogP contribution >= 0.6 is 23.7 Å². The first-order chi connectivity index (χ1) is 10.2. The first-order valence-corrected chi connectivity index (χ1v) is 8.27. The van der Waals surface area contributed by atoms with E-state index in [-0.39, 0.29) is 18.3 Å². The summed E-state index contributed by atoms with van der Waals surface area (Å²) in [5, 5.41) is 2.07. The number of amides is 1. The molecule has 0 bridgehead atoms. The first-order valence-electron chi connectivity index (χ1n) is 7.39. The zero-order valence-electron chi connectivity index (χ0n) is 12.4. The van der Waals surface area contributed by atoms with Crippen molar-refractivity contribution in [2.75, 3.05) is 5.73 Å². The molecule has 3 rings (SSSR count). The SMILES string of the molecule is Cl.Nc1ccccc1CCC(=O)N(Cc1cccs1)C1CC1. The first kappa shape index (κ1) is 16.8. The van der Waals surface area contributed by atoms with E-state index >= 15 is 0 Å². The van der Waals surface area contributed by atoms with Crippen molar-refractivity contribution in [3.05, 3.63) is 52.2 Å². The lowest BCUT2D eigenvalue weighted by molar-refractivity contribution is -0.132. The number of nitrogen functional groups attached to an aromatic ring is 1. The van der Waals surface area contributed by atoms with Crippen molar-refractivity contribution < 1.29 is 4.79 Å². The molecule has 0 unspecified atom stereocenters. The van der Waals surface area contributed by atoms with Crippen LogP contribution in [0.1, 0.15) is 29.7 Å². The number of rotatable bonds is 6. The lowest BCUT2D eigenvalue weighted by Gasteiger charge is -2.22. The maximum atomic E-state index is 12.5. The third-order valence-electron chi connectivity index (χ3n) is 3.88. The fraction of sp³-hybridized carbons (Fsp3) is 0.353. The molecule has 2 aromatic rings. The largest absolute Gasteiger partial charge is 0.399 e. The monoisotopic (exact) mass is 336 g/mol. The zero-order valence-corrected chi connectivity index (χ0v) is 14.0. The van der Waals surface area contributed by atoms with Crippen LogP contribution in [0.15, 0.2) is 41.8 Å². The molecule has 1 saturated carbocycles. The molecule has 1 amide bonds. The van der Waals surface area contributed by atoms with Gasteiger partial charge in [-0.05, 0) is 42.3 Å². The van der Waals surface area contributed by atoms with Gasteiger partial charge in [-0.2, -0.15) is 0 Å². The van der Waals surface area contributed by atoms with Gasteiger partial charge in [0.25, 0.3) is 0 Å². The van der Waals surface area contributed by atoms with Gasteiger partial charge in [0.1, 0.15) is 0 Å². The predicted octanol–water partition coefficient (Wildman–Crippen LogP) is 3.88. The summed E-state index contributed by atoms with van der Waals surface area (Å²) in [6.07, 6.45) is 3.55. The van der Waals surface area contributed by atoms with E-state index in [1.165, 1.54) is 4.88 Å². The average Bonchev–Trinajstić information content (AvgIpc) is 3.20. The van der Waals surface area contributed by atoms with Crippen LogP contribution in [-0.4, -0.2) is 16.8 Å². The quantitative estimate of drug-likeness (QED) is 0.814. The van der Waals surface area contributed by atoms with Crippen LogP contribution in [0.2, 0.25) is 0 Å². The van der Waals surface area contributed by atoms with Gasteiger partial charge in [0.2, 0.25) is 5.91 Å². The van der Waals surface area contributed by atoms with E-state index in [0.717, 1.165) is 37.1 Å². The molecule has 1 heterocycles. The summed E-state index contributed by atoms with van der Waals surface area (Å²) >= 11 is 1.72.